The quantitative estimate of drug-likeness (QED) is 0.891. The van der Waals surface area contributed by atoms with Gasteiger partial charge in [-0.25, -0.2) is 0 Å². The minimum atomic E-state index is -0.367. The van der Waals surface area contributed by atoms with Crippen LogP contribution in [-0.4, -0.2) is 15.1 Å². The van der Waals surface area contributed by atoms with Crippen LogP contribution in [0.3, 0.4) is 0 Å². The monoisotopic (exact) mass is 298 g/mol. The predicted molar refractivity (Wildman–Crippen MR) is 76.1 cm³/mol. The Morgan fingerprint density at radius 1 is 1.21 bits per heavy atom. The maximum absolute atomic E-state index is 11.9. The fraction of sp³-hybridized carbons (Fsp3) is 0.231. The number of hydrogen-bond acceptors (Lipinski definition) is 3. The minimum absolute atomic E-state index is 0.117. The van der Waals surface area contributed by atoms with Crippen LogP contribution in [0.15, 0.2) is 23.0 Å². The number of H-pyrrole nitrogens is 1. The summed E-state index contributed by atoms with van der Waals surface area (Å²) in [5, 5.41) is 10.7. The third kappa shape index (κ3) is 2.91. The molecule has 19 heavy (non-hydrogen) atoms. The van der Waals surface area contributed by atoms with Crippen molar-refractivity contribution in [3.8, 4) is 17.3 Å². The molecule has 1 aromatic heterocycles. The topological polar surface area (TPSA) is 66.0 Å². The lowest BCUT2D eigenvalue weighted by molar-refractivity contribution is 0.440. The predicted octanol–water partition coefficient (Wildman–Crippen LogP) is 3.57. The van der Waals surface area contributed by atoms with Crippen molar-refractivity contribution in [2.24, 2.45) is 0 Å². The van der Waals surface area contributed by atoms with Gasteiger partial charge in [-0.3, -0.25) is 4.79 Å². The second-order valence-corrected chi connectivity index (χ2v) is 5.34. The Balaban J connectivity index is 2.62. The van der Waals surface area contributed by atoms with E-state index in [1.165, 1.54) is 0 Å². The van der Waals surface area contributed by atoms with Crippen molar-refractivity contribution in [2.45, 2.75) is 19.8 Å². The summed E-state index contributed by atoms with van der Waals surface area (Å²) >= 11 is 11.8. The number of hydrogen-bond donors (Lipinski definition) is 2. The maximum atomic E-state index is 11.9. The molecule has 0 bridgehead atoms. The maximum Gasteiger partial charge on any atom is 0.258 e. The molecule has 0 atom stereocenters. The minimum Gasteiger partial charge on any atom is -0.493 e. The van der Waals surface area contributed by atoms with Gasteiger partial charge in [-0.05, 0) is 24.1 Å². The van der Waals surface area contributed by atoms with Crippen molar-refractivity contribution in [1.82, 2.24) is 9.97 Å². The van der Waals surface area contributed by atoms with Crippen molar-refractivity contribution in [1.29, 1.82) is 0 Å². The summed E-state index contributed by atoms with van der Waals surface area (Å²) < 4.78 is 0. The molecule has 0 saturated carbocycles. The molecule has 0 fully saturated rings. The number of benzene rings is 1. The highest BCUT2D eigenvalue weighted by molar-refractivity contribution is 6.35. The highest BCUT2D eigenvalue weighted by Crippen LogP contribution is 2.27. The van der Waals surface area contributed by atoms with Gasteiger partial charge in [0.15, 0.2) is 0 Å². The molecule has 0 radical (unpaired) electrons. The Bertz CT molecular complexity index is 661. The van der Waals surface area contributed by atoms with E-state index in [1.807, 2.05) is 13.8 Å². The van der Waals surface area contributed by atoms with E-state index in [4.69, 9.17) is 23.2 Å². The molecule has 0 aliphatic heterocycles. The van der Waals surface area contributed by atoms with Gasteiger partial charge < -0.3 is 10.1 Å². The van der Waals surface area contributed by atoms with E-state index in [0.29, 0.717) is 15.6 Å². The molecule has 1 aromatic carbocycles. The summed E-state index contributed by atoms with van der Waals surface area (Å²) in [6.07, 6.45) is 0. The number of aromatic amines is 1. The first-order valence-electron chi connectivity index (χ1n) is 5.68. The average Bonchev–Trinajstić information content (AvgIpc) is 2.25. The van der Waals surface area contributed by atoms with Gasteiger partial charge in [-0.2, -0.15) is 4.98 Å². The van der Waals surface area contributed by atoms with Gasteiger partial charge in [0.05, 0.1) is 5.56 Å². The number of aromatic hydroxyl groups is 1. The fourth-order valence-corrected chi connectivity index (χ4v) is 2.34. The molecule has 0 unspecified atom stereocenters. The van der Waals surface area contributed by atoms with Crippen LogP contribution in [0.25, 0.3) is 11.4 Å². The van der Waals surface area contributed by atoms with Crippen LogP contribution in [-0.2, 0) is 0 Å². The van der Waals surface area contributed by atoms with Gasteiger partial charge in [0.2, 0.25) is 5.88 Å². The summed E-state index contributed by atoms with van der Waals surface area (Å²) in [5.41, 5.74) is 0.436. The lowest BCUT2D eigenvalue weighted by Gasteiger charge is -2.08. The normalized spacial score (nSPS) is 11.0. The summed E-state index contributed by atoms with van der Waals surface area (Å²) in [6.45, 7) is 3.61. The van der Waals surface area contributed by atoms with Crippen LogP contribution < -0.4 is 5.56 Å². The van der Waals surface area contributed by atoms with Crippen LogP contribution in [0.1, 0.15) is 25.3 Å². The fourth-order valence-electron chi connectivity index (χ4n) is 1.82. The molecular formula is C13H12Cl2N2O2. The second kappa shape index (κ2) is 5.23. The van der Waals surface area contributed by atoms with Gasteiger partial charge in [-0.1, -0.05) is 37.0 Å². The molecule has 0 aliphatic rings. The van der Waals surface area contributed by atoms with E-state index in [-0.39, 0.29) is 28.7 Å². The standard InChI is InChI=1S/C13H12Cl2N2O2/c1-6(2)10-12(18)16-11(17-13(10)19)7-3-8(14)5-9(15)4-7/h3-6H,1-2H3,(H2,16,17,18,19). The lowest BCUT2D eigenvalue weighted by atomic mass is 10.1. The first-order chi connectivity index (χ1) is 8.88. The number of aromatic nitrogens is 2. The van der Waals surface area contributed by atoms with E-state index in [2.05, 4.69) is 9.97 Å². The molecule has 2 rings (SSSR count). The summed E-state index contributed by atoms with van der Waals surface area (Å²) in [7, 11) is 0. The Kier molecular flexibility index (Phi) is 3.83. The van der Waals surface area contributed by atoms with Crippen molar-refractivity contribution >= 4 is 23.2 Å². The second-order valence-electron chi connectivity index (χ2n) is 4.46. The number of rotatable bonds is 2. The summed E-state index contributed by atoms with van der Waals surface area (Å²) in [5.74, 6) is -0.158. The third-order valence-corrected chi connectivity index (χ3v) is 3.08. The Morgan fingerprint density at radius 3 is 2.26 bits per heavy atom. The zero-order valence-electron chi connectivity index (χ0n) is 10.4. The van der Waals surface area contributed by atoms with Crippen LogP contribution >= 0.6 is 23.2 Å². The SMILES string of the molecule is CC(C)c1c(O)nc(-c2cc(Cl)cc(Cl)c2)[nH]c1=O. The van der Waals surface area contributed by atoms with Crippen molar-refractivity contribution in [3.63, 3.8) is 0 Å². The number of halogens is 2. The highest BCUT2D eigenvalue weighted by atomic mass is 35.5. The van der Waals surface area contributed by atoms with Crippen LogP contribution in [0.4, 0.5) is 0 Å². The largest absolute Gasteiger partial charge is 0.493 e. The lowest BCUT2D eigenvalue weighted by Crippen LogP contribution is -2.16. The summed E-state index contributed by atoms with van der Waals surface area (Å²) in [6, 6.07) is 4.80. The van der Waals surface area contributed by atoms with Crippen LogP contribution in [0.5, 0.6) is 5.88 Å². The molecule has 0 aliphatic carbocycles. The first kappa shape index (κ1) is 13.9. The number of nitrogens with one attached hydrogen (secondary N) is 1. The van der Waals surface area contributed by atoms with Crippen LogP contribution in [0.2, 0.25) is 10.0 Å². The first-order valence-corrected chi connectivity index (χ1v) is 6.43. The number of nitrogens with zero attached hydrogens (tertiary/aromatic N) is 1. The van der Waals surface area contributed by atoms with E-state index in [9.17, 15) is 9.90 Å². The van der Waals surface area contributed by atoms with Gasteiger partial charge in [0.25, 0.3) is 5.56 Å². The van der Waals surface area contributed by atoms with E-state index in [0.717, 1.165) is 0 Å². The molecule has 2 N–H and O–H groups in total. The van der Waals surface area contributed by atoms with Gasteiger partial charge in [0, 0.05) is 15.6 Å². The van der Waals surface area contributed by atoms with Gasteiger partial charge in [-0.15, -0.1) is 0 Å². The van der Waals surface area contributed by atoms with E-state index in [1.54, 1.807) is 18.2 Å². The molecule has 1 heterocycles. The molecule has 0 amide bonds. The van der Waals surface area contributed by atoms with E-state index < -0.39 is 0 Å². The van der Waals surface area contributed by atoms with Gasteiger partial charge >= 0.3 is 0 Å². The van der Waals surface area contributed by atoms with Gasteiger partial charge in [0.1, 0.15) is 5.82 Å². The molecule has 2 aromatic rings. The smallest absolute Gasteiger partial charge is 0.258 e. The highest BCUT2D eigenvalue weighted by Gasteiger charge is 2.15. The van der Waals surface area contributed by atoms with Crippen molar-refractivity contribution < 1.29 is 5.11 Å². The van der Waals surface area contributed by atoms with E-state index >= 15 is 0 Å². The summed E-state index contributed by atoms with van der Waals surface area (Å²) in [4.78, 5) is 18.5. The molecular weight excluding hydrogens is 287 g/mol. The zero-order valence-corrected chi connectivity index (χ0v) is 11.9. The molecule has 100 valence electrons. The molecule has 0 spiro atoms. The Hall–Kier alpha value is -1.52. The van der Waals surface area contributed by atoms with Crippen LogP contribution in [0, 0.1) is 0 Å². The van der Waals surface area contributed by atoms with Crippen molar-refractivity contribution in [3.05, 3.63) is 44.2 Å². The zero-order chi connectivity index (χ0) is 14.2. The van der Waals surface area contributed by atoms with Crippen molar-refractivity contribution in [2.75, 3.05) is 0 Å². The molecule has 0 saturated heterocycles. The molecule has 4 nitrogen and oxygen atoms in total. The Morgan fingerprint density at radius 2 is 1.79 bits per heavy atom. The Labute approximate surface area is 120 Å². The average molecular weight is 299 g/mol. The third-order valence-electron chi connectivity index (χ3n) is 2.65. The molecule has 6 heteroatoms.